The Morgan fingerprint density at radius 2 is 1.69 bits per heavy atom. The fourth-order valence-corrected chi connectivity index (χ4v) is 2.95. The zero-order valence-corrected chi connectivity index (χ0v) is 18.7. The number of rotatable bonds is 14. The standard InChI is InChI=1S/C25H31NO6/c1-3-4-7-16-31-21-12-10-19(11-13-21)22(27)14-15-25(29)32-18-24(28)26-17-20-8-5-6-9-23(20)30-2/h5-6,8-13H,3-4,7,14-18H2,1-2H3,(H,26,28). The van der Waals surface area contributed by atoms with Gasteiger partial charge in [-0.3, -0.25) is 14.4 Å². The average molecular weight is 442 g/mol. The highest BCUT2D eigenvalue weighted by Crippen LogP contribution is 2.17. The maximum atomic E-state index is 12.3. The van der Waals surface area contributed by atoms with Gasteiger partial charge in [-0.1, -0.05) is 38.0 Å². The first kappa shape index (κ1) is 24.9. The van der Waals surface area contributed by atoms with Crippen LogP contribution in [0.25, 0.3) is 0 Å². The molecule has 0 saturated heterocycles. The first-order valence-electron chi connectivity index (χ1n) is 10.8. The van der Waals surface area contributed by atoms with Gasteiger partial charge in [-0.15, -0.1) is 0 Å². The number of unbranched alkanes of at least 4 members (excludes halogenated alkanes) is 2. The van der Waals surface area contributed by atoms with Crippen LogP contribution < -0.4 is 14.8 Å². The van der Waals surface area contributed by atoms with E-state index in [2.05, 4.69) is 12.2 Å². The van der Waals surface area contributed by atoms with Crippen LogP contribution in [-0.2, 0) is 20.9 Å². The summed E-state index contributed by atoms with van der Waals surface area (Å²) in [4.78, 5) is 36.1. The molecule has 7 heteroatoms. The number of Topliss-reactive ketones (excluding diaryl/α,β-unsaturated/α-hetero) is 1. The maximum Gasteiger partial charge on any atom is 0.306 e. The van der Waals surface area contributed by atoms with Crippen molar-refractivity contribution in [3.05, 3.63) is 59.7 Å². The second-order valence-electron chi connectivity index (χ2n) is 7.25. The van der Waals surface area contributed by atoms with E-state index in [0.717, 1.165) is 30.6 Å². The van der Waals surface area contributed by atoms with Gasteiger partial charge < -0.3 is 19.5 Å². The van der Waals surface area contributed by atoms with Crippen LogP contribution in [0.2, 0.25) is 0 Å². The van der Waals surface area contributed by atoms with Crippen LogP contribution in [0.15, 0.2) is 48.5 Å². The number of hydrogen-bond acceptors (Lipinski definition) is 6. The predicted octanol–water partition coefficient (Wildman–Crippen LogP) is 4.09. The lowest BCUT2D eigenvalue weighted by Crippen LogP contribution is -2.28. The molecular weight excluding hydrogens is 410 g/mol. The third-order valence-electron chi connectivity index (χ3n) is 4.78. The van der Waals surface area contributed by atoms with Gasteiger partial charge in [-0.2, -0.15) is 0 Å². The Balaban J connectivity index is 1.66. The number of hydrogen-bond donors (Lipinski definition) is 1. The van der Waals surface area contributed by atoms with Crippen LogP contribution >= 0.6 is 0 Å². The van der Waals surface area contributed by atoms with Crippen LogP contribution in [0.1, 0.15) is 54.9 Å². The van der Waals surface area contributed by atoms with Crippen molar-refractivity contribution in [1.29, 1.82) is 0 Å². The topological polar surface area (TPSA) is 90.9 Å². The molecule has 0 saturated carbocycles. The molecule has 1 N–H and O–H groups in total. The lowest BCUT2D eigenvalue weighted by atomic mass is 10.1. The van der Waals surface area contributed by atoms with Gasteiger partial charge in [0.1, 0.15) is 11.5 Å². The number of nitrogens with one attached hydrogen (secondary N) is 1. The summed E-state index contributed by atoms with van der Waals surface area (Å²) in [6.45, 7) is 2.65. The SMILES string of the molecule is CCCCCOc1ccc(C(=O)CCC(=O)OCC(=O)NCc2ccccc2OC)cc1. The van der Waals surface area contributed by atoms with Crippen molar-refractivity contribution in [2.24, 2.45) is 0 Å². The highest BCUT2D eigenvalue weighted by atomic mass is 16.5. The summed E-state index contributed by atoms with van der Waals surface area (Å²) < 4.78 is 15.8. The summed E-state index contributed by atoms with van der Waals surface area (Å²) in [6, 6.07) is 14.2. The molecule has 2 rings (SSSR count). The molecule has 0 aromatic heterocycles. The summed E-state index contributed by atoms with van der Waals surface area (Å²) in [7, 11) is 1.56. The number of carbonyl (C=O) groups excluding carboxylic acids is 3. The van der Waals surface area contributed by atoms with E-state index in [9.17, 15) is 14.4 Å². The predicted molar refractivity (Wildman–Crippen MR) is 121 cm³/mol. The Labute approximate surface area is 189 Å². The van der Waals surface area contributed by atoms with Crippen molar-refractivity contribution >= 4 is 17.7 Å². The largest absolute Gasteiger partial charge is 0.496 e. The molecule has 2 aromatic carbocycles. The van der Waals surface area contributed by atoms with Gasteiger partial charge in [0.25, 0.3) is 5.91 Å². The van der Waals surface area contributed by atoms with Gasteiger partial charge in [-0.05, 0) is 36.8 Å². The summed E-state index contributed by atoms with van der Waals surface area (Å²) in [5, 5.41) is 2.67. The van der Waals surface area contributed by atoms with Crippen LogP contribution in [0.3, 0.4) is 0 Å². The highest BCUT2D eigenvalue weighted by Gasteiger charge is 2.12. The van der Waals surface area contributed by atoms with Crippen molar-refractivity contribution < 1.29 is 28.6 Å². The van der Waals surface area contributed by atoms with Crippen molar-refractivity contribution in [1.82, 2.24) is 5.32 Å². The number of ether oxygens (including phenoxy) is 3. The molecule has 172 valence electrons. The molecule has 0 aliphatic heterocycles. The maximum absolute atomic E-state index is 12.3. The minimum atomic E-state index is -0.596. The fourth-order valence-electron chi connectivity index (χ4n) is 2.95. The zero-order chi connectivity index (χ0) is 23.2. The van der Waals surface area contributed by atoms with Crippen molar-refractivity contribution in [2.45, 2.75) is 45.6 Å². The average Bonchev–Trinajstić information content (AvgIpc) is 2.83. The molecule has 0 aliphatic rings. The molecule has 1 amide bonds. The van der Waals surface area contributed by atoms with E-state index in [1.54, 1.807) is 37.4 Å². The molecule has 0 spiro atoms. The summed E-state index contributed by atoms with van der Waals surface area (Å²) >= 11 is 0. The Morgan fingerprint density at radius 3 is 2.41 bits per heavy atom. The lowest BCUT2D eigenvalue weighted by molar-refractivity contribution is -0.148. The van der Waals surface area contributed by atoms with E-state index < -0.39 is 18.5 Å². The number of methoxy groups -OCH3 is 1. The van der Waals surface area contributed by atoms with E-state index in [1.807, 2.05) is 18.2 Å². The van der Waals surface area contributed by atoms with E-state index in [1.165, 1.54) is 0 Å². The number of carbonyl (C=O) groups is 3. The van der Waals surface area contributed by atoms with Gasteiger partial charge in [-0.25, -0.2) is 0 Å². The van der Waals surface area contributed by atoms with E-state index in [-0.39, 0.29) is 25.2 Å². The van der Waals surface area contributed by atoms with Crippen molar-refractivity contribution in [3.8, 4) is 11.5 Å². The van der Waals surface area contributed by atoms with Crippen LogP contribution in [0.5, 0.6) is 11.5 Å². The number of benzene rings is 2. The second-order valence-corrected chi connectivity index (χ2v) is 7.25. The molecule has 0 bridgehead atoms. The molecular formula is C25H31NO6. The molecule has 0 fully saturated rings. The Morgan fingerprint density at radius 1 is 0.938 bits per heavy atom. The van der Waals surface area contributed by atoms with Gasteiger partial charge in [0.2, 0.25) is 0 Å². The molecule has 0 heterocycles. The van der Waals surface area contributed by atoms with Crippen LogP contribution in [0, 0.1) is 0 Å². The van der Waals surface area contributed by atoms with E-state index in [0.29, 0.717) is 17.9 Å². The van der Waals surface area contributed by atoms with Gasteiger partial charge in [0, 0.05) is 24.1 Å². The lowest BCUT2D eigenvalue weighted by Gasteiger charge is -2.10. The molecule has 0 radical (unpaired) electrons. The smallest absolute Gasteiger partial charge is 0.306 e. The second kappa shape index (κ2) is 13.9. The van der Waals surface area contributed by atoms with Gasteiger partial charge in [0.05, 0.1) is 20.1 Å². The Bertz CT molecular complexity index is 878. The number of esters is 1. The first-order valence-corrected chi connectivity index (χ1v) is 10.8. The monoisotopic (exact) mass is 441 g/mol. The summed E-state index contributed by atoms with van der Waals surface area (Å²) in [5.74, 6) is 0.197. The summed E-state index contributed by atoms with van der Waals surface area (Å²) in [5.41, 5.74) is 1.32. The van der Waals surface area contributed by atoms with Crippen molar-refractivity contribution in [3.63, 3.8) is 0 Å². The van der Waals surface area contributed by atoms with Gasteiger partial charge >= 0.3 is 5.97 Å². The van der Waals surface area contributed by atoms with Crippen LogP contribution in [0.4, 0.5) is 0 Å². The minimum absolute atomic E-state index is 0.0123. The van der Waals surface area contributed by atoms with Crippen molar-refractivity contribution in [2.75, 3.05) is 20.3 Å². The molecule has 0 unspecified atom stereocenters. The summed E-state index contributed by atoms with van der Waals surface area (Å²) in [6.07, 6.45) is 3.17. The normalized spacial score (nSPS) is 10.3. The number of amides is 1. The quantitative estimate of drug-likeness (QED) is 0.270. The third-order valence-corrected chi connectivity index (χ3v) is 4.78. The third kappa shape index (κ3) is 8.79. The molecule has 2 aromatic rings. The zero-order valence-electron chi connectivity index (χ0n) is 18.7. The van der Waals surface area contributed by atoms with Gasteiger partial charge in [0.15, 0.2) is 12.4 Å². The van der Waals surface area contributed by atoms with Crippen LogP contribution in [-0.4, -0.2) is 38.0 Å². The molecule has 0 atom stereocenters. The molecule has 0 aliphatic carbocycles. The fraction of sp³-hybridized carbons (Fsp3) is 0.400. The Kier molecular flexibility index (Phi) is 10.8. The Hall–Kier alpha value is -3.35. The minimum Gasteiger partial charge on any atom is -0.496 e. The highest BCUT2D eigenvalue weighted by molar-refractivity contribution is 5.97. The number of para-hydroxylation sites is 1. The molecule has 32 heavy (non-hydrogen) atoms. The number of ketones is 1. The van der Waals surface area contributed by atoms with E-state index in [4.69, 9.17) is 14.2 Å². The van der Waals surface area contributed by atoms with E-state index >= 15 is 0 Å². The molecule has 7 nitrogen and oxygen atoms in total. The first-order chi connectivity index (χ1) is 15.5.